The molecule has 0 saturated carbocycles. The summed E-state index contributed by atoms with van der Waals surface area (Å²) in [7, 11) is 0. The highest BCUT2D eigenvalue weighted by Crippen LogP contribution is 2.32. The van der Waals surface area contributed by atoms with Crippen LogP contribution in [-0.2, 0) is 52.3 Å². The molecule has 2 aliphatic heterocycles. The van der Waals surface area contributed by atoms with Gasteiger partial charge in [-0.05, 0) is 25.0 Å². The van der Waals surface area contributed by atoms with Gasteiger partial charge in [-0.2, -0.15) is 0 Å². The molecule has 298 valence electrons. The smallest absolute Gasteiger partial charge is 0.305 e. The topological polar surface area (TPSA) is 186 Å². The number of hydrogen-bond donors (Lipinski definition) is 2. The van der Waals surface area contributed by atoms with E-state index in [-0.39, 0.29) is 36.5 Å². The van der Waals surface area contributed by atoms with Crippen LogP contribution in [0.15, 0.2) is 18.2 Å². The Morgan fingerprint density at radius 1 is 0.698 bits per heavy atom. The third-order valence-electron chi connectivity index (χ3n) is 8.24. The molecule has 16 heteroatoms. The van der Waals surface area contributed by atoms with Crippen molar-refractivity contribution in [2.45, 2.75) is 64.3 Å². The molecule has 16 nitrogen and oxygen atoms in total. The SMILES string of the molecule is CCCCCCCC(=O)OCCOCCOCCOCCOCCOCCOCCOCCNc1cccc2c1C(=O)N(C1CCC(=O)NC1=O)C2=O. The molecule has 0 radical (unpaired) electrons. The molecule has 2 N–H and O–H groups in total. The molecule has 1 unspecified atom stereocenters. The van der Waals surface area contributed by atoms with Gasteiger partial charge in [0.05, 0.1) is 104 Å². The Hall–Kier alpha value is -3.51. The highest BCUT2D eigenvalue weighted by atomic mass is 16.6. The minimum absolute atomic E-state index is 0.0650. The summed E-state index contributed by atoms with van der Waals surface area (Å²) >= 11 is 0. The zero-order valence-corrected chi connectivity index (χ0v) is 31.0. The number of imide groups is 2. The van der Waals surface area contributed by atoms with E-state index in [1.807, 2.05) is 0 Å². The number of benzene rings is 1. The van der Waals surface area contributed by atoms with Crippen LogP contribution < -0.4 is 10.6 Å². The Labute approximate surface area is 311 Å². The fraction of sp³-hybridized carbons (Fsp3) is 0.703. The predicted molar refractivity (Wildman–Crippen MR) is 192 cm³/mol. The number of amides is 4. The quantitative estimate of drug-likeness (QED) is 0.0621. The molecule has 0 spiro atoms. The number of rotatable bonds is 32. The van der Waals surface area contributed by atoms with E-state index < -0.39 is 29.7 Å². The van der Waals surface area contributed by atoms with Gasteiger partial charge in [0.15, 0.2) is 0 Å². The number of fused-ring (bicyclic) bond motifs is 1. The summed E-state index contributed by atoms with van der Waals surface area (Å²) < 4.78 is 43.6. The molecule has 1 aromatic carbocycles. The van der Waals surface area contributed by atoms with Gasteiger partial charge in [-0.3, -0.25) is 34.2 Å². The zero-order chi connectivity index (χ0) is 37.9. The average molecular weight is 752 g/mol. The number of unbranched alkanes of at least 4 members (excludes halogenated alkanes) is 4. The molecule has 1 fully saturated rings. The first-order valence-corrected chi connectivity index (χ1v) is 18.7. The Morgan fingerprint density at radius 2 is 1.23 bits per heavy atom. The van der Waals surface area contributed by atoms with E-state index in [0.717, 1.165) is 17.7 Å². The lowest BCUT2D eigenvalue weighted by Crippen LogP contribution is -2.54. The van der Waals surface area contributed by atoms with Crippen LogP contribution in [0.1, 0.15) is 79.0 Å². The summed E-state index contributed by atoms with van der Waals surface area (Å²) in [5.41, 5.74) is 0.903. The van der Waals surface area contributed by atoms with Crippen molar-refractivity contribution in [1.29, 1.82) is 0 Å². The van der Waals surface area contributed by atoms with Crippen molar-refractivity contribution in [2.75, 3.05) is 111 Å². The van der Waals surface area contributed by atoms with Gasteiger partial charge in [-0.25, -0.2) is 0 Å². The van der Waals surface area contributed by atoms with E-state index in [1.165, 1.54) is 19.3 Å². The third-order valence-corrected chi connectivity index (χ3v) is 8.24. The predicted octanol–water partition coefficient (Wildman–Crippen LogP) is 2.52. The van der Waals surface area contributed by atoms with Crippen LogP contribution in [0.25, 0.3) is 0 Å². The fourth-order valence-corrected chi connectivity index (χ4v) is 5.50. The zero-order valence-electron chi connectivity index (χ0n) is 31.0. The van der Waals surface area contributed by atoms with Crippen LogP contribution in [0.2, 0.25) is 0 Å². The largest absolute Gasteiger partial charge is 0.463 e. The minimum atomic E-state index is -1.01. The average Bonchev–Trinajstić information content (AvgIpc) is 3.40. The van der Waals surface area contributed by atoms with E-state index in [2.05, 4.69) is 17.6 Å². The van der Waals surface area contributed by atoms with Gasteiger partial charge in [0.1, 0.15) is 12.6 Å². The molecule has 0 aliphatic carbocycles. The minimum Gasteiger partial charge on any atom is -0.463 e. The summed E-state index contributed by atoms with van der Waals surface area (Å²) in [5.74, 6) is -2.33. The highest BCUT2D eigenvalue weighted by Gasteiger charge is 2.45. The number of hydrogen-bond acceptors (Lipinski definition) is 14. The number of carbonyl (C=O) groups excluding carboxylic acids is 5. The van der Waals surface area contributed by atoms with Crippen LogP contribution in [0.4, 0.5) is 5.69 Å². The number of anilines is 1. The van der Waals surface area contributed by atoms with Gasteiger partial charge in [-0.1, -0.05) is 38.7 Å². The summed E-state index contributed by atoms with van der Waals surface area (Å²) in [5, 5.41) is 5.33. The Morgan fingerprint density at radius 3 is 1.77 bits per heavy atom. The van der Waals surface area contributed by atoms with E-state index >= 15 is 0 Å². The number of esters is 1. The van der Waals surface area contributed by atoms with Crippen molar-refractivity contribution in [1.82, 2.24) is 10.2 Å². The maximum atomic E-state index is 13.1. The second kappa shape index (κ2) is 27.1. The Balaban J connectivity index is 1.04. The molecule has 0 bridgehead atoms. The molecule has 2 aliphatic rings. The standard InChI is InChI=1S/C37H57N3O13/c1-2-3-4-5-6-10-33(42)53-28-27-52-26-25-51-24-23-50-22-21-49-20-19-48-18-17-47-16-15-46-14-13-38-30-9-7-8-29-34(30)37(45)40(36(29)44)31-11-12-32(41)39-35(31)43/h7-9,31,38H,2-6,10-28H2,1H3,(H,39,41,43). The number of piperidine rings is 1. The van der Waals surface area contributed by atoms with Crippen molar-refractivity contribution in [2.24, 2.45) is 0 Å². The summed E-state index contributed by atoms with van der Waals surface area (Å²) in [6, 6.07) is 3.90. The van der Waals surface area contributed by atoms with Crippen LogP contribution >= 0.6 is 0 Å². The van der Waals surface area contributed by atoms with Gasteiger partial charge in [-0.15, -0.1) is 0 Å². The summed E-state index contributed by atoms with van der Waals surface area (Å²) in [6.07, 6.45) is 6.16. The van der Waals surface area contributed by atoms with Crippen LogP contribution in [0, 0.1) is 0 Å². The third kappa shape index (κ3) is 17.0. The van der Waals surface area contributed by atoms with Gasteiger partial charge in [0.2, 0.25) is 11.8 Å². The van der Waals surface area contributed by atoms with Crippen LogP contribution in [-0.4, -0.2) is 146 Å². The van der Waals surface area contributed by atoms with E-state index in [9.17, 15) is 24.0 Å². The highest BCUT2D eigenvalue weighted by molar-refractivity contribution is 6.25. The normalized spacial score (nSPS) is 15.6. The Kier molecular flexibility index (Phi) is 22.5. The van der Waals surface area contributed by atoms with Gasteiger partial charge in [0, 0.05) is 25.1 Å². The van der Waals surface area contributed by atoms with E-state index in [0.29, 0.717) is 111 Å². The monoisotopic (exact) mass is 751 g/mol. The fourth-order valence-electron chi connectivity index (χ4n) is 5.50. The van der Waals surface area contributed by atoms with E-state index in [4.69, 9.17) is 37.9 Å². The molecule has 2 heterocycles. The number of nitrogens with one attached hydrogen (secondary N) is 2. The molecule has 3 rings (SSSR count). The first-order valence-electron chi connectivity index (χ1n) is 18.7. The number of ether oxygens (including phenoxy) is 8. The second-order valence-electron chi connectivity index (χ2n) is 12.3. The van der Waals surface area contributed by atoms with Crippen molar-refractivity contribution in [3.8, 4) is 0 Å². The number of nitrogens with zero attached hydrogens (tertiary/aromatic N) is 1. The van der Waals surface area contributed by atoms with Crippen LogP contribution in [0.3, 0.4) is 0 Å². The van der Waals surface area contributed by atoms with Crippen LogP contribution in [0.5, 0.6) is 0 Å². The van der Waals surface area contributed by atoms with Crippen molar-refractivity contribution >= 4 is 35.3 Å². The maximum absolute atomic E-state index is 13.1. The molecule has 0 aromatic heterocycles. The lowest BCUT2D eigenvalue weighted by atomic mass is 10.0. The Bertz CT molecular complexity index is 1260. The van der Waals surface area contributed by atoms with E-state index in [1.54, 1.807) is 18.2 Å². The second-order valence-corrected chi connectivity index (χ2v) is 12.3. The molecule has 4 amide bonds. The first-order chi connectivity index (χ1) is 25.9. The maximum Gasteiger partial charge on any atom is 0.305 e. The molecule has 1 aromatic rings. The molecule has 1 saturated heterocycles. The lowest BCUT2D eigenvalue weighted by molar-refractivity contribution is -0.145. The molecular formula is C37H57N3O13. The number of carbonyl (C=O) groups is 5. The summed E-state index contributed by atoms with van der Waals surface area (Å²) in [6.45, 7) is 8.69. The molecule has 53 heavy (non-hydrogen) atoms. The molecular weight excluding hydrogens is 694 g/mol. The lowest BCUT2D eigenvalue weighted by Gasteiger charge is -2.27. The van der Waals surface area contributed by atoms with Crippen molar-refractivity contribution in [3.05, 3.63) is 29.3 Å². The first kappa shape index (κ1) is 43.9. The van der Waals surface area contributed by atoms with Gasteiger partial charge < -0.3 is 43.2 Å². The van der Waals surface area contributed by atoms with Gasteiger partial charge in [0.25, 0.3) is 11.8 Å². The van der Waals surface area contributed by atoms with Crippen molar-refractivity contribution < 1.29 is 61.9 Å². The molecule has 1 atom stereocenters. The van der Waals surface area contributed by atoms with Gasteiger partial charge >= 0.3 is 5.97 Å². The summed E-state index contributed by atoms with van der Waals surface area (Å²) in [4.78, 5) is 62.5. The van der Waals surface area contributed by atoms with Crippen molar-refractivity contribution in [3.63, 3.8) is 0 Å².